The highest BCUT2D eigenvalue weighted by Crippen LogP contribution is 2.28. The van der Waals surface area contributed by atoms with Crippen molar-refractivity contribution in [2.75, 3.05) is 5.32 Å². The zero-order chi connectivity index (χ0) is 19.6. The van der Waals surface area contributed by atoms with Gasteiger partial charge in [0.1, 0.15) is 11.3 Å². The van der Waals surface area contributed by atoms with Crippen LogP contribution in [0, 0.1) is 0 Å². The minimum atomic E-state index is -0.756. The zero-order valence-electron chi connectivity index (χ0n) is 15.3. The van der Waals surface area contributed by atoms with Crippen molar-refractivity contribution < 1.29 is 14.1 Å². The molecular formula is C20H20N4O3. The average Bonchev–Trinajstić information content (AvgIpc) is 3.05. The number of rotatable bonds is 4. The Hall–Kier alpha value is -3.48. The molecule has 0 atom stereocenters. The van der Waals surface area contributed by atoms with Crippen LogP contribution in [0.25, 0.3) is 11.3 Å². The number of carbonyl (C=O) groups excluding carboxylic acids is 2. The highest BCUT2D eigenvalue weighted by Gasteiger charge is 2.24. The van der Waals surface area contributed by atoms with E-state index in [2.05, 4.69) is 36.2 Å². The number of anilines is 1. The van der Waals surface area contributed by atoms with Gasteiger partial charge in [0.05, 0.1) is 0 Å². The topological polar surface area (TPSA) is 111 Å². The predicted molar refractivity (Wildman–Crippen MR) is 101 cm³/mol. The molecular weight excluding hydrogens is 344 g/mol. The maximum Gasteiger partial charge on any atom is 0.258 e. The normalized spacial score (nSPS) is 11.2. The Bertz CT molecular complexity index is 971. The van der Waals surface area contributed by atoms with Crippen LogP contribution in [0.2, 0.25) is 0 Å². The molecule has 0 unspecified atom stereocenters. The SMILES string of the molecule is CC(C)(C)c1ccc(C(=O)Nc2onc(-c3cccnc3)c2C(N)=O)cc1. The number of primary amides is 1. The fourth-order valence-electron chi connectivity index (χ4n) is 2.60. The lowest BCUT2D eigenvalue weighted by Crippen LogP contribution is -2.18. The maximum absolute atomic E-state index is 12.5. The average molecular weight is 364 g/mol. The number of nitrogens with zero attached hydrogens (tertiary/aromatic N) is 2. The summed E-state index contributed by atoms with van der Waals surface area (Å²) in [5.41, 5.74) is 7.78. The molecule has 2 aromatic heterocycles. The smallest absolute Gasteiger partial charge is 0.258 e. The lowest BCUT2D eigenvalue weighted by molar-refractivity contribution is 0.100. The molecule has 2 amide bonds. The number of nitrogens with one attached hydrogen (secondary N) is 1. The third kappa shape index (κ3) is 3.87. The van der Waals surface area contributed by atoms with Gasteiger partial charge < -0.3 is 10.3 Å². The van der Waals surface area contributed by atoms with Crippen molar-refractivity contribution in [1.82, 2.24) is 10.1 Å². The highest BCUT2D eigenvalue weighted by molar-refractivity contribution is 6.09. The first kappa shape index (κ1) is 18.3. The van der Waals surface area contributed by atoms with Gasteiger partial charge in [-0.2, -0.15) is 0 Å². The molecule has 0 aliphatic rings. The van der Waals surface area contributed by atoms with Crippen LogP contribution in [-0.2, 0) is 5.41 Å². The van der Waals surface area contributed by atoms with Crippen molar-refractivity contribution in [3.05, 3.63) is 65.5 Å². The van der Waals surface area contributed by atoms with Crippen molar-refractivity contribution >= 4 is 17.7 Å². The Morgan fingerprint density at radius 3 is 2.37 bits per heavy atom. The van der Waals surface area contributed by atoms with Gasteiger partial charge >= 0.3 is 0 Å². The minimum Gasteiger partial charge on any atom is -0.365 e. The van der Waals surface area contributed by atoms with E-state index in [4.69, 9.17) is 10.3 Å². The van der Waals surface area contributed by atoms with Gasteiger partial charge in [0.2, 0.25) is 5.88 Å². The summed E-state index contributed by atoms with van der Waals surface area (Å²) in [6, 6.07) is 10.6. The first-order chi connectivity index (χ1) is 12.8. The second kappa shape index (κ2) is 7.03. The monoisotopic (exact) mass is 364 g/mol. The molecule has 3 rings (SSSR count). The summed E-state index contributed by atoms with van der Waals surface area (Å²) in [4.78, 5) is 28.4. The number of hydrogen-bond donors (Lipinski definition) is 2. The molecule has 0 radical (unpaired) electrons. The molecule has 0 fully saturated rings. The van der Waals surface area contributed by atoms with E-state index in [1.54, 1.807) is 30.5 Å². The molecule has 0 saturated carbocycles. The number of hydrogen-bond acceptors (Lipinski definition) is 5. The summed E-state index contributed by atoms with van der Waals surface area (Å²) >= 11 is 0. The predicted octanol–water partition coefficient (Wildman–Crippen LogP) is 3.39. The molecule has 7 heteroatoms. The fourth-order valence-corrected chi connectivity index (χ4v) is 2.60. The van der Waals surface area contributed by atoms with Crippen LogP contribution in [0.4, 0.5) is 5.88 Å². The van der Waals surface area contributed by atoms with Crippen LogP contribution in [0.1, 0.15) is 47.1 Å². The van der Waals surface area contributed by atoms with Crippen molar-refractivity contribution in [3.63, 3.8) is 0 Å². The molecule has 0 saturated heterocycles. The lowest BCUT2D eigenvalue weighted by Gasteiger charge is -2.18. The molecule has 3 N–H and O–H groups in total. The Labute approximate surface area is 156 Å². The molecule has 1 aromatic carbocycles. The van der Waals surface area contributed by atoms with Crippen LogP contribution in [-0.4, -0.2) is 22.0 Å². The standard InChI is InChI=1S/C20H20N4O3/c1-20(2,3)14-8-6-12(7-9-14)18(26)23-19-15(17(21)25)16(24-27-19)13-5-4-10-22-11-13/h4-11H,1-3H3,(H2,21,25)(H,23,26). The molecule has 0 aliphatic carbocycles. The van der Waals surface area contributed by atoms with Crippen molar-refractivity contribution in [1.29, 1.82) is 0 Å². The number of benzene rings is 1. The first-order valence-corrected chi connectivity index (χ1v) is 8.39. The summed E-state index contributed by atoms with van der Waals surface area (Å²) in [6.45, 7) is 6.28. The highest BCUT2D eigenvalue weighted by atomic mass is 16.5. The molecule has 138 valence electrons. The summed E-state index contributed by atoms with van der Waals surface area (Å²) in [7, 11) is 0. The number of carbonyl (C=O) groups is 2. The summed E-state index contributed by atoms with van der Waals surface area (Å²) in [5, 5.41) is 6.44. The van der Waals surface area contributed by atoms with E-state index >= 15 is 0 Å². The Morgan fingerprint density at radius 2 is 1.81 bits per heavy atom. The fraction of sp³-hybridized carbons (Fsp3) is 0.200. The summed E-state index contributed by atoms with van der Waals surface area (Å²) in [5.74, 6) is -1.27. The van der Waals surface area contributed by atoms with Crippen LogP contribution in [0.3, 0.4) is 0 Å². The molecule has 0 bridgehead atoms. The van der Waals surface area contributed by atoms with E-state index in [0.717, 1.165) is 5.56 Å². The van der Waals surface area contributed by atoms with E-state index in [1.165, 1.54) is 6.20 Å². The van der Waals surface area contributed by atoms with Gasteiger partial charge in [-0.15, -0.1) is 0 Å². The van der Waals surface area contributed by atoms with E-state index in [1.807, 2.05) is 12.1 Å². The Morgan fingerprint density at radius 1 is 1.11 bits per heavy atom. The molecule has 2 heterocycles. The van der Waals surface area contributed by atoms with Gasteiger partial charge in [0.15, 0.2) is 0 Å². The second-order valence-corrected chi connectivity index (χ2v) is 7.12. The number of nitrogens with two attached hydrogens (primary N) is 1. The number of amides is 2. The van der Waals surface area contributed by atoms with Crippen LogP contribution < -0.4 is 11.1 Å². The Kier molecular flexibility index (Phi) is 4.77. The molecule has 7 nitrogen and oxygen atoms in total. The van der Waals surface area contributed by atoms with Gasteiger partial charge in [0.25, 0.3) is 11.8 Å². The second-order valence-electron chi connectivity index (χ2n) is 7.12. The van der Waals surface area contributed by atoms with E-state index in [0.29, 0.717) is 11.1 Å². The van der Waals surface area contributed by atoms with E-state index in [9.17, 15) is 9.59 Å². The van der Waals surface area contributed by atoms with E-state index < -0.39 is 11.8 Å². The summed E-state index contributed by atoms with van der Waals surface area (Å²) < 4.78 is 5.17. The lowest BCUT2D eigenvalue weighted by atomic mass is 9.87. The van der Waals surface area contributed by atoms with Gasteiger partial charge in [-0.3, -0.25) is 19.9 Å². The third-order valence-corrected chi connectivity index (χ3v) is 4.11. The molecule has 0 spiro atoms. The van der Waals surface area contributed by atoms with E-state index in [-0.39, 0.29) is 22.6 Å². The van der Waals surface area contributed by atoms with Crippen LogP contribution in [0.15, 0.2) is 53.3 Å². The van der Waals surface area contributed by atoms with Gasteiger partial charge in [-0.25, -0.2) is 0 Å². The van der Waals surface area contributed by atoms with Gasteiger partial charge in [-0.05, 0) is 35.2 Å². The maximum atomic E-state index is 12.5. The molecule has 0 aliphatic heterocycles. The van der Waals surface area contributed by atoms with Crippen molar-refractivity contribution in [2.24, 2.45) is 5.73 Å². The van der Waals surface area contributed by atoms with Crippen LogP contribution >= 0.6 is 0 Å². The van der Waals surface area contributed by atoms with Crippen molar-refractivity contribution in [3.8, 4) is 11.3 Å². The first-order valence-electron chi connectivity index (χ1n) is 8.39. The van der Waals surface area contributed by atoms with Crippen molar-refractivity contribution in [2.45, 2.75) is 26.2 Å². The zero-order valence-corrected chi connectivity index (χ0v) is 15.3. The number of pyridine rings is 1. The molecule has 27 heavy (non-hydrogen) atoms. The Balaban J connectivity index is 1.88. The van der Waals surface area contributed by atoms with Gasteiger partial charge in [-0.1, -0.05) is 38.1 Å². The number of aromatic nitrogens is 2. The van der Waals surface area contributed by atoms with Crippen LogP contribution in [0.5, 0.6) is 0 Å². The quantitative estimate of drug-likeness (QED) is 0.737. The van der Waals surface area contributed by atoms with Gasteiger partial charge in [0, 0.05) is 23.5 Å². The molecule has 3 aromatic rings. The third-order valence-electron chi connectivity index (χ3n) is 4.11. The summed E-state index contributed by atoms with van der Waals surface area (Å²) in [6.07, 6.45) is 3.12. The minimum absolute atomic E-state index is 0.00246. The largest absolute Gasteiger partial charge is 0.365 e.